The van der Waals surface area contributed by atoms with Crippen molar-refractivity contribution in [1.82, 2.24) is 5.32 Å². The lowest BCUT2D eigenvalue weighted by molar-refractivity contribution is 0.667. The predicted molar refractivity (Wildman–Crippen MR) is 196 cm³/mol. The van der Waals surface area contributed by atoms with Gasteiger partial charge in [0.25, 0.3) is 0 Å². The summed E-state index contributed by atoms with van der Waals surface area (Å²) in [5.41, 5.74) is 8.25. The van der Waals surface area contributed by atoms with Crippen LogP contribution in [0.3, 0.4) is 0 Å². The van der Waals surface area contributed by atoms with Gasteiger partial charge in [-0.05, 0) is 52.2 Å². The van der Waals surface area contributed by atoms with Crippen molar-refractivity contribution < 1.29 is 8.83 Å². The molecule has 0 aliphatic carbocycles. The van der Waals surface area contributed by atoms with Gasteiger partial charge in [-0.1, -0.05) is 121 Å². The third kappa shape index (κ3) is 4.25. The summed E-state index contributed by atoms with van der Waals surface area (Å²) in [4.78, 5) is 10.3. The van der Waals surface area contributed by atoms with Crippen LogP contribution in [0.15, 0.2) is 170 Å². The normalized spacial score (nSPS) is 14.9. The maximum Gasteiger partial charge on any atom is 0.159 e. The quantitative estimate of drug-likeness (QED) is 0.214. The molecule has 0 amide bonds. The second-order valence-electron chi connectivity index (χ2n) is 12.2. The number of para-hydroxylation sites is 2. The minimum absolute atomic E-state index is 0.328. The van der Waals surface area contributed by atoms with Gasteiger partial charge >= 0.3 is 0 Å². The van der Waals surface area contributed by atoms with Gasteiger partial charge in [0.2, 0.25) is 0 Å². The number of amidine groups is 2. The van der Waals surface area contributed by atoms with Crippen LogP contribution in [0.5, 0.6) is 0 Å². The van der Waals surface area contributed by atoms with Crippen molar-refractivity contribution in [3.8, 4) is 11.1 Å². The lowest BCUT2D eigenvalue weighted by Gasteiger charge is -2.24. The molecular weight excluding hydrogens is 590 g/mol. The number of hydrogen-bond acceptors (Lipinski definition) is 5. The average Bonchev–Trinajstić information content (AvgIpc) is 3.72. The summed E-state index contributed by atoms with van der Waals surface area (Å²) in [6.45, 7) is 0. The van der Waals surface area contributed by atoms with Crippen molar-refractivity contribution in [2.75, 3.05) is 0 Å². The lowest BCUT2D eigenvalue weighted by Crippen LogP contribution is -2.33. The van der Waals surface area contributed by atoms with Crippen molar-refractivity contribution in [3.05, 3.63) is 168 Å². The Bertz CT molecular complexity index is 2760. The molecule has 0 spiro atoms. The van der Waals surface area contributed by atoms with Crippen LogP contribution in [0.4, 0.5) is 0 Å². The van der Waals surface area contributed by atoms with Gasteiger partial charge in [0, 0.05) is 38.2 Å². The molecule has 9 aromatic rings. The number of hydrogen-bond donors (Lipinski definition) is 1. The van der Waals surface area contributed by atoms with E-state index in [1.54, 1.807) is 0 Å². The first-order valence-electron chi connectivity index (χ1n) is 16.1. The van der Waals surface area contributed by atoms with Gasteiger partial charge in [0.1, 0.15) is 34.3 Å². The highest BCUT2D eigenvalue weighted by Crippen LogP contribution is 2.41. The molecule has 1 N–H and O–H groups in total. The van der Waals surface area contributed by atoms with Gasteiger partial charge < -0.3 is 14.2 Å². The SMILES string of the molecule is c1ccc(C2=NC(c3ccccc3)NC(c3cc(-c4cccc5c4oc4ccccc45)cc4oc5cc6ccccc6cc5c34)=N2)cc1. The molecule has 226 valence electrons. The molecular formula is C43H27N3O2. The van der Waals surface area contributed by atoms with Crippen molar-refractivity contribution in [1.29, 1.82) is 0 Å². The molecule has 7 aromatic carbocycles. The van der Waals surface area contributed by atoms with Crippen LogP contribution in [0, 0.1) is 0 Å². The molecule has 10 rings (SSSR count). The molecule has 1 atom stereocenters. The fourth-order valence-corrected chi connectivity index (χ4v) is 7.02. The highest BCUT2D eigenvalue weighted by Gasteiger charge is 2.25. The number of rotatable bonds is 4. The molecule has 0 saturated heterocycles. The van der Waals surface area contributed by atoms with Crippen molar-refractivity contribution >= 4 is 66.3 Å². The molecule has 48 heavy (non-hydrogen) atoms. The standard InChI is InChI=1S/C43H27N3O2/c1-3-12-26(13-4-1)41-44-42(27-14-5-2-6-15-27)46-43(45-41)35-23-30(31-19-11-20-33-32-18-9-10-21-36(32)48-40(31)33)25-38-39(35)34-22-28-16-7-8-17-29(28)24-37(34)47-38/h1-25,41H,(H,44,45,46). The highest BCUT2D eigenvalue weighted by atomic mass is 16.3. The van der Waals surface area contributed by atoms with E-state index >= 15 is 0 Å². The second kappa shape index (κ2) is 10.5. The molecule has 1 aliphatic rings. The van der Waals surface area contributed by atoms with Crippen LogP contribution in [0.25, 0.3) is 65.8 Å². The first-order valence-corrected chi connectivity index (χ1v) is 16.1. The molecule has 5 nitrogen and oxygen atoms in total. The second-order valence-corrected chi connectivity index (χ2v) is 12.2. The van der Waals surface area contributed by atoms with Crippen LogP contribution in [-0.2, 0) is 0 Å². The van der Waals surface area contributed by atoms with Crippen LogP contribution in [-0.4, -0.2) is 11.7 Å². The molecule has 3 heterocycles. The van der Waals surface area contributed by atoms with Crippen LogP contribution in [0.2, 0.25) is 0 Å². The zero-order valence-corrected chi connectivity index (χ0v) is 25.7. The summed E-state index contributed by atoms with van der Waals surface area (Å²) in [7, 11) is 0. The lowest BCUT2D eigenvalue weighted by atomic mass is 9.95. The van der Waals surface area contributed by atoms with Gasteiger partial charge in [-0.25, -0.2) is 9.98 Å². The molecule has 0 bridgehead atoms. The summed E-state index contributed by atoms with van der Waals surface area (Å²) in [5, 5.41) is 10.2. The average molecular weight is 618 g/mol. The third-order valence-electron chi connectivity index (χ3n) is 9.30. The largest absolute Gasteiger partial charge is 0.456 e. The zero-order valence-electron chi connectivity index (χ0n) is 25.7. The van der Waals surface area contributed by atoms with E-state index in [4.69, 9.17) is 18.8 Å². The number of benzene rings is 7. The van der Waals surface area contributed by atoms with E-state index in [2.05, 4.69) is 108 Å². The summed E-state index contributed by atoms with van der Waals surface area (Å²) in [6.07, 6.45) is -0.328. The molecule has 0 saturated carbocycles. The number of fused-ring (bicyclic) bond motifs is 7. The molecule has 1 aliphatic heterocycles. The Hall–Kier alpha value is -6.46. The summed E-state index contributed by atoms with van der Waals surface area (Å²) in [6, 6.07) is 52.1. The van der Waals surface area contributed by atoms with Crippen LogP contribution >= 0.6 is 0 Å². The molecule has 2 aromatic heterocycles. The van der Waals surface area contributed by atoms with Gasteiger partial charge in [0.05, 0.1) is 0 Å². The summed E-state index contributed by atoms with van der Waals surface area (Å²) in [5.74, 6) is 1.41. The zero-order chi connectivity index (χ0) is 31.6. The summed E-state index contributed by atoms with van der Waals surface area (Å²) >= 11 is 0. The van der Waals surface area contributed by atoms with E-state index in [-0.39, 0.29) is 6.17 Å². The van der Waals surface area contributed by atoms with Crippen LogP contribution in [0.1, 0.15) is 22.9 Å². The van der Waals surface area contributed by atoms with E-state index in [1.807, 2.05) is 48.5 Å². The minimum atomic E-state index is -0.328. The Labute approximate surface area is 275 Å². The fraction of sp³-hybridized carbons (Fsp3) is 0.0233. The molecule has 1 unspecified atom stereocenters. The Kier molecular flexibility index (Phi) is 5.87. The Morgan fingerprint density at radius 2 is 1.23 bits per heavy atom. The molecule has 5 heteroatoms. The first kappa shape index (κ1) is 26.7. The fourth-order valence-electron chi connectivity index (χ4n) is 7.02. The minimum Gasteiger partial charge on any atom is -0.456 e. The number of aliphatic imine (C=N–C) groups is 2. The summed E-state index contributed by atoms with van der Waals surface area (Å²) < 4.78 is 13.2. The maximum absolute atomic E-state index is 6.70. The van der Waals surface area contributed by atoms with Crippen molar-refractivity contribution in [2.45, 2.75) is 6.17 Å². The molecule has 0 radical (unpaired) electrons. The number of nitrogens with one attached hydrogen (secondary N) is 1. The van der Waals surface area contributed by atoms with E-state index in [0.29, 0.717) is 5.84 Å². The highest BCUT2D eigenvalue weighted by molar-refractivity contribution is 6.24. The smallest absolute Gasteiger partial charge is 0.159 e. The van der Waals surface area contributed by atoms with Crippen LogP contribution < -0.4 is 5.32 Å². The van der Waals surface area contributed by atoms with Crippen molar-refractivity contribution in [2.24, 2.45) is 9.98 Å². The van der Waals surface area contributed by atoms with Crippen molar-refractivity contribution in [3.63, 3.8) is 0 Å². The van der Waals surface area contributed by atoms with Gasteiger partial charge in [-0.15, -0.1) is 0 Å². The van der Waals surface area contributed by atoms with E-state index in [9.17, 15) is 0 Å². The number of furan rings is 2. The van der Waals surface area contributed by atoms with E-state index in [0.717, 1.165) is 88.3 Å². The topological polar surface area (TPSA) is 63.0 Å². The van der Waals surface area contributed by atoms with Gasteiger partial charge in [0.15, 0.2) is 5.84 Å². The van der Waals surface area contributed by atoms with E-state index < -0.39 is 0 Å². The Morgan fingerprint density at radius 3 is 2.08 bits per heavy atom. The predicted octanol–water partition coefficient (Wildman–Crippen LogP) is 10.8. The monoisotopic (exact) mass is 617 g/mol. The first-order chi connectivity index (χ1) is 23.8. The Balaban J connectivity index is 1.27. The maximum atomic E-state index is 6.70. The number of nitrogens with zero attached hydrogens (tertiary/aromatic N) is 2. The Morgan fingerprint density at radius 1 is 0.500 bits per heavy atom. The van der Waals surface area contributed by atoms with Gasteiger partial charge in [-0.3, -0.25) is 0 Å². The van der Waals surface area contributed by atoms with E-state index in [1.165, 1.54) is 0 Å². The molecule has 0 fully saturated rings. The third-order valence-corrected chi connectivity index (χ3v) is 9.30. The van der Waals surface area contributed by atoms with Gasteiger partial charge in [-0.2, -0.15) is 0 Å².